The molecule has 164 valence electrons. The molecule has 6 nitrogen and oxygen atoms in total. The van der Waals surface area contributed by atoms with E-state index in [9.17, 15) is 18.0 Å². The van der Waals surface area contributed by atoms with Crippen molar-refractivity contribution in [3.8, 4) is 11.3 Å². The van der Waals surface area contributed by atoms with E-state index in [0.29, 0.717) is 22.2 Å². The third-order valence-corrected chi connectivity index (χ3v) is 6.04. The molecule has 0 radical (unpaired) electrons. The van der Waals surface area contributed by atoms with Gasteiger partial charge in [-0.2, -0.15) is 18.3 Å². The van der Waals surface area contributed by atoms with Crippen LogP contribution in [0.5, 0.6) is 0 Å². The zero-order chi connectivity index (χ0) is 22.0. The Morgan fingerprint density at radius 1 is 1.12 bits per heavy atom. The van der Waals surface area contributed by atoms with E-state index in [-0.39, 0.29) is 29.2 Å². The minimum Gasteiger partial charge on any atom is -0.464 e. The Morgan fingerprint density at radius 2 is 1.84 bits per heavy atom. The Morgan fingerprint density at radius 3 is 2.53 bits per heavy atom. The van der Waals surface area contributed by atoms with Crippen LogP contribution in [-0.2, 0) is 6.54 Å². The van der Waals surface area contributed by atoms with Crippen LogP contribution in [0, 0.1) is 0 Å². The molecule has 3 heterocycles. The number of furan rings is 1. The summed E-state index contributed by atoms with van der Waals surface area (Å²) < 4.78 is 46.4. The fraction of sp³-hybridized carbons (Fsp3) is 0.348. The molecule has 0 atom stereocenters. The summed E-state index contributed by atoms with van der Waals surface area (Å²) in [7, 11) is 0. The standard InChI is InChI=1S/C23H19F3N4O2/c24-23(25,26)12-29-19-9-18(22(31)30(13-5-6-13)14-7-8-14)27-10-16(19)21(28-29)17-11-32-20-4-2-1-3-15(17)20/h1-4,9-11,13-14H,5-8,12H2. The van der Waals surface area contributed by atoms with Gasteiger partial charge in [-0.15, -0.1) is 0 Å². The van der Waals surface area contributed by atoms with Crippen molar-refractivity contribution in [2.75, 3.05) is 0 Å². The van der Waals surface area contributed by atoms with Crippen molar-refractivity contribution in [3.63, 3.8) is 0 Å². The second-order valence-electron chi connectivity index (χ2n) is 8.53. The molecule has 3 aromatic heterocycles. The topological polar surface area (TPSA) is 64.2 Å². The fourth-order valence-corrected chi connectivity index (χ4v) is 4.30. The molecule has 0 bridgehead atoms. The minimum absolute atomic E-state index is 0.156. The quantitative estimate of drug-likeness (QED) is 0.429. The number of halogens is 3. The SMILES string of the molecule is O=C(c1cc2c(cn1)c(-c1coc3ccccc13)nn2CC(F)(F)F)N(C1CC1)C1CC1. The molecular weight excluding hydrogens is 421 g/mol. The first-order chi connectivity index (χ1) is 15.4. The molecule has 0 N–H and O–H groups in total. The molecule has 2 aliphatic carbocycles. The number of fused-ring (bicyclic) bond motifs is 2. The van der Waals surface area contributed by atoms with Crippen LogP contribution in [0.15, 0.2) is 47.2 Å². The van der Waals surface area contributed by atoms with Gasteiger partial charge in [0.05, 0.1) is 5.52 Å². The van der Waals surface area contributed by atoms with Crippen molar-refractivity contribution in [2.45, 2.75) is 50.5 Å². The highest BCUT2D eigenvalue weighted by Crippen LogP contribution is 2.39. The number of carbonyl (C=O) groups excluding carboxylic acids is 1. The van der Waals surface area contributed by atoms with Gasteiger partial charge in [0, 0.05) is 34.6 Å². The van der Waals surface area contributed by atoms with E-state index in [4.69, 9.17) is 4.42 Å². The number of hydrogen-bond donors (Lipinski definition) is 0. The molecule has 0 unspecified atom stereocenters. The Balaban J connectivity index is 1.49. The third-order valence-electron chi connectivity index (χ3n) is 6.04. The van der Waals surface area contributed by atoms with Crippen molar-refractivity contribution >= 4 is 27.8 Å². The zero-order valence-electron chi connectivity index (χ0n) is 17.0. The van der Waals surface area contributed by atoms with Crippen LogP contribution in [0.25, 0.3) is 33.1 Å². The number of amides is 1. The van der Waals surface area contributed by atoms with E-state index in [1.54, 1.807) is 6.07 Å². The highest BCUT2D eigenvalue weighted by atomic mass is 19.4. The first-order valence-electron chi connectivity index (χ1n) is 10.6. The van der Waals surface area contributed by atoms with Crippen molar-refractivity contribution < 1.29 is 22.4 Å². The van der Waals surface area contributed by atoms with E-state index in [0.717, 1.165) is 35.8 Å². The van der Waals surface area contributed by atoms with Crippen LogP contribution in [0.3, 0.4) is 0 Å². The van der Waals surface area contributed by atoms with Crippen LogP contribution in [0.1, 0.15) is 36.2 Å². The van der Waals surface area contributed by atoms with E-state index in [1.807, 2.05) is 23.1 Å². The molecule has 2 aliphatic rings. The normalized spacial score (nSPS) is 16.7. The van der Waals surface area contributed by atoms with Gasteiger partial charge in [-0.3, -0.25) is 14.5 Å². The first kappa shape index (κ1) is 19.3. The van der Waals surface area contributed by atoms with Crippen LogP contribution >= 0.6 is 0 Å². The molecule has 2 fully saturated rings. The van der Waals surface area contributed by atoms with Gasteiger partial charge in [0.15, 0.2) is 0 Å². The molecule has 9 heteroatoms. The largest absolute Gasteiger partial charge is 0.464 e. The number of alkyl halides is 3. The lowest BCUT2D eigenvalue weighted by atomic mass is 10.1. The Labute approximate surface area is 180 Å². The maximum atomic E-state index is 13.3. The average molecular weight is 440 g/mol. The van der Waals surface area contributed by atoms with Crippen molar-refractivity contribution in [1.82, 2.24) is 19.7 Å². The fourth-order valence-electron chi connectivity index (χ4n) is 4.30. The maximum Gasteiger partial charge on any atom is 0.408 e. The third kappa shape index (κ3) is 3.32. The number of para-hydroxylation sites is 1. The lowest BCUT2D eigenvalue weighted by Gasteiger charge is -2.21. The Bertz CT molecular complexity index is 1340. The molecule has 0 saturated heterocycles. The van der Waals surface area contributed by atoms with E-state index in [1.165, 1.54) is 18.5 Å². The van der Waals surface area contributed by atoms with Gasteiger partial charge in [-0.25, -0.2) is 0 Å². The summed E-state index contributed by atoms with van der Waals surface area (Å²) >= 11 is 0. The lowest BCUT2D eigenvalue weighted by molar-refractivity contribution is -0.141. The molecule has 6 rings (SSSR count). The molecule has 1 amide bonds. The molecule has 0 aliphatic heterocycles. The number of aromatic nitrogens is 3. The number of hydrogen-bond acceptors (Lipinski definition) is 4. The zero-order valence-corrected chi connectivity index (χ0v) is 17.0. The lowest BCUT2D eigenvalue weighted by Crippen LogP contribution is -2.35. The van der Waals surface area contributed by atoms with Gasteiger partial charge in [0.1, 0.15) is 29.8 Å². The van der Waals surface area contributed by atoms with Crippen molar-refractivity contribution in [2.24, 2.45) is 0 Å². The first-order valence-corrected chi connectivity index (χ1v) is 10.6. The predicted octanol–water partition coefficient (Wildman–Crippen LogP) is 5.17. The molecule has 2 saturated carbocycles. The Hall–Kier alpha value is -3.36. The van der Waals surface area contributed by atoms with Crippen molar-refractivity contribution in [3.05, 3.63) is 48.5 Å². The molecule has 32 heavy (non-hydrogen) atoms. The number of pyridine rings is 1. The number of carbonyl (C=O) groups is 1. The summed E-state index contributed by atoms with van der Waals surface area (Å²) in [6.07, 6.45) is 2.35. The Kier molecular flexibility index (Phi) is 4.12. The number of nitrogens with zero attached hydrogens (tertiary/aromatic N) is 4. The second-order valence-corrected chi connectivity index (χ2v) is 8.53. The summed E-state index contributed by atoms with van der Waals surface area (Å²) in [6, 6.07) is 9.15. The summed E-state index contributed by atoms with van der Waals surface area (Å²) in [4.78, 5) is 19.4. The summed E-state index contributed by atoms with van der Waals surface area (Å²) in [5, 5.41) is 5.48. The minimum atomic E-state index is -4.46. The van der Waals surface area contributed by atoms with Gasteiger partial charge in [-0.1, -0.05) is 18.2 Å². The van der Waals surface area contributed by atoms with Gasteiger partial charge in [0.25, 0.3) is 5.91 Å². The summed E-state index contributed by atoms with van der Waals surface area (Å²) in [5.74, 6) is -0.216. The molecular formula is C23H19F3N4O2. The summed E-state index contributed by atoms with van der Waals surface area (Å²) in [5.41, 5.74) is 1.94. The van der Waals surface area contributed by atoms with Crippen molar-refractivity contribution in [1.29, 1.82) is 0 Å². The van der Waals surface area contributed by atoms with E-state index in [2.05, 4.69) is 10.1 Å². The molecule has 0 spiro atoms. The predicted molar refractivity (Wildman–Crippen MR) is 111 cm³/mol. The van der Waals surface area contributed by atoms with Gasteiger partial charge in [-0.05, 0) is 37.8 Å². The maximum absolute atomic E-state index is 13.3. The summed E-state index contributed by atoms with van der Waals surface area (Å²) in [6.45, 7) is -1.26. The van der Waals surface area contributed by atoms with Gasteiger partial charge < -0.3 is 9.32 Å². The molecule has 4 aromatic rings. The van der Waals surface area contributed by atoms with E-state index < -0.39 is 12.7 Å². The monoisotopic (exact) mass is 440 g/mol. The van der Waals surface area contributed by atoms with Gasteiger partial charge in [0.2, 0.25) is 0 Å². The second kappa shape index (κ2) is 6.82. The average Bonchev–Trinajstić information content (AvgIpc) is 3.69. The highest BCUT2D eigenvalue weighted by molar-refractivity contribution is 6.04. The van der Waals surface area contributed by atoms with Crippen LogP contribution in [0.4, 0.5) is 13.2 Å². The number of benzene rings is 1. The molecule has 1 aromatic carbocycles. The number of rotatable bonds is 5. The van der Waals surface area contributed by atoms with Crippen LogP contribution in [0.2, 0.25) is 0 Å². The van der Waals surface area contributed by atoms with Crippen LogP contribution in [-0.4, -0.2) is 43.8 Å². The highest BCUT2D eigenvalue weighted by Gasteiger charge is 2.43. The van der Waals surface area contributed by atoms with Crippen LogP contribution < -0.4 is 0 Å². The smallest absolute Gasteiger partial charge is 0.408 e. The van der Waals surface area contributed by atoms with Gasteiger partial charge >= 0.3 is 6.18 Å². The van der Waals surface area contributed by atoms with E-state index >= 15 is 0 Å².